The number of aliphatic hydroxyl groups excluding tert-OH is 3. The van der Waals surface area contributed by atoms with Crippen LogP contribution in [0.2, 0.25) is 0 Å². The Morgan fingerprint density at radius 2 is 1.71 bits per heavy atom. The molecular formula is C35H41F3N2O7S. The molecule has 13 heteroatoms. The Bertz CT molecular complexity index is 1570. The van der Waals surface area contributed by atoms with E-state index in [0.29, 0.717) is 36.4 Å². The van der Waals surface area contributed by atoms with E-state index in [0.717, 1.165) is 36.7 Å². The van der Waals surface area contributed by atoms with E-state index in [1.807, 2.05) is 24.3 Å². The number of nitrogens with zero attached hydrogens (tertiary/aromatic N) is 1. The summed E-state index contributed by atoms with van der Waals surface area (Å²) in [5, 5.41) is 31.4. The number of hydrogen-bond acceptors (Lipinski definition) is 10. The molecule has 0 saturated carbocycles. The van der Waals surface area contributed by atoms with Crippen LogP contribution in [0, 0.1) is 17.5 Å². The van der Waals surface area contributed by atoms with Crippen molar-refractivity contribution in [1.82, 2.24) is 4.90 Å². The number of methoxy groups -OCH3 is 1. The van der Waals surface area contributed by atoms with Gasteiger partial charge in [-0.25, -0.2) is 13.2 Å². The van der Waals surface area contributed by atoms with Crippen molar-refractivity contribution in [2.75, 3.05) is 33.1 Å². The van der Waals surface area contributed by atoms with Gasteiger partial charge in [0.15, 0.2) is 0 Å². The molecule has 3 fully saturated rings. The average Bonchev–Trinajstić information content (AvgIpc) is 3.55. The first kappa shape index (κ1) is 35.0. The molecule has 6 rings (SSSR count). The summed E-state index contributed by atoms with van der Waals surface area (Å²) in [6.07, 6.45) is -2.63. The van der Waals surface area contributed by atoms with E-state index < -0.39 is 59.4 Å². The molecule has 3 aliphatic heterocycles. The quantitative estimate of drug-likeness (QED) is 0.263. The monoisotopic (exact) mass is 690 g/mol. The molecule has 0 spiro atoms. The predicted molar refractivity (Wildman–Crippen MR) is 173 cm³/mol. The molecule has 0 bridgehead atoms. The first-order valence-corrected chi connectivity index (χ1v) is 17.3. The van der Waals surface area contributed by atoms with Crippen molar-refractivity contribution in [2.45, 2.75) is 73.4 Å². The number of aliphatic hydroxyl groups is 3. The number of rotatable bonds is 9. The van der Waals surface area contributed by atoms with E-state index in [4.69, 9.17) is 24.7 Å². The number of nitrogens with two attached hydrogens (primary N) is 1. The van der Waals surface area contributed by atoms with Gasteiger partial charge >= 0.3 is 0 Å². The van der Waals surface area contributed by atoms with Crippen LogP contribution in [0.4, 0.5) is 13.2 Å². The predicted octanol–water partition coefficient (Wildman–Crippen LogP) is 3.86. The molecule has 9 nitrogen and oxygen atoms in total. The van der Waals surface area contributed by atoms with Gasteiger partial charge in [-0.05, 0) is 66.6 Å². The minimum atomic E-state index is -1.45. The fraction of sp³-hybridized carbons (Fsp3) is 0.486. The van der Waals surface area contributed by atoms with E-state index in [-0.39, 0.29) is 29.9 Å². The average molecular weight is 691 g/mol. The van der Waals surface area contributed by atoms with Crippen molar-refractivity contribution in [3.05, 3.63) is 94.3 Å². The second-order valence-electron chi connectivity index (χ2n) is 12.6. The largest absolute Gasteiger partial charge is 0.496 e. The smallest absolute Gasteiger partial charge is 0.132 e. The maximum Gasteiger partial charge on any atom is 0.132 e. The number of halogens is 3. The maximum atomic E-state index is 15.2. The lowest BCUT2D eigenvalue weighted by molar-refractivity contribution is -0.200. The summed E-state index contributed by atoms with van der Waals surface area (Å²) < 4.78 is 66.8. The molecule has 3 heterocycles. The molecule has 0 unspecified atom stereocenters. The molecule has 0 amide bonds. The van der Waals surface area contributed by atoms with E-state index in [1.165, 1.54) is 24.9 Å². The van der Waals surface area contributed by atoms with E-state index in [2.05, 4.69) is 4.90 Å². The third-order valence-corrected chi connectivity index (χ3v) is 10.3. The molecule has 260 valence electrons. The van der Waals surface area contributed by atoms with Gasteiger partial charge in [0.1, 0.15) is 71.0 Å². The normalized spacial score (nSPS) is 31.1. The fourth-order valence-corrected chi connectivity index (χ4v) is 7.56. The molecule has 3 aliphatic rings. The van der Waals surface area contributed by atoms with E-state index in [9.17, 15) is 24.1 Å². The molecule has 3 aromatic carbocycles. The van der Waals surface area contributed by atoms with Crippen LogP contribution in [0.5, 0.6) is 11.5 Å². The number of benzene rings is 3. The second kappa shape index (κ2) is 14.9. The highest BCUT2D eigenvalue weighted by molar-refractivity contribution is 7.99. The Morgan fingerprint density at radius 1 is 0.938 bits per heavy atom. The lowest BCUT2D eigenvalue weighted by atomic mass is 9.91. The minimum absolute atomic E-state index is 0.0354. The second-order valence-corrected chi connectivity index (χ2v) is 13.6. The van der Waals surface area contributed by atoms with Gasteiger partial charge in [-0.3, -0.25) is 4.90 Å². The molecule has 9 atom stereocenters. The summed E-state index contributed by atoms with van der Waals surface area (Å²) in [6.45, 7) is 1.81. The van der Waals surface area contributed by atoms with Gasteiger partial charge in [0.25, 0.3) is 0 Å². The number of ether oxygens (including phenoxy) is 4. The molecule has 0 radical (unpaired) electrons. The molecular weight excluding hydrogens is 649 g/mol. The van der Waals surface area contributed by atoms with Crippen LogP contribution in [0.15, 0.2) is 54.6 Å². The lowest BCUT2D eigenvalue weighted by Crippen LogP contribution is -2.53. The Balaban J connectivity index is 1.06. The molecule has 3 aromatic rings. The summed E-state index contributed by atoms with van der Waals surface area (Å²) >= 11 is 1.20. The first-order chi connectivity index (χ1) is 23.1. The Hall–Kier alpha value is -2.88. The molecule has 0 aromatic heterocycles. The summed E-state index contributed by atoms with van der Waals surface area (Å²) in [5.74, 6) is -0.713. The third kappa shape index (κ3) is 7.34. The highest BCUT2D eigenvalue weighted by Gasteiger charge is 2.45. The Kier molecular flexibility index (Phi) is 10.9. The summed E-state index contributed by atoms with van der Waals surface area (Å²) in [5.41, 5.74) is 7.27. The van der Waals surface area contributed by atoms with Crippen molar-refractivity contribution >= 4 is 11.8 Å². The van der Waals surface area contributed by atoms with Gasteiger partial charge in [-0.1, -0.05) is 12.1 Å². The van der Waals surface area contributed by atoms with Crippen molar-refractivity contribution in [1.29, 1.82) is 0 Å². The van der Waals surface area contributed by atoms with Crippen molar-refractivity contribution in [3.63, 3.8) is 0 Å². The van der Waals surface area contributed by atoms with Gasteiger partial charge in [0.05, 0.1) is 13.7 Å². The summed E-state index contributed by atoms with van der Waals surface area (Å²) in [4.78, 5) is 2.26. The van der Waals surface area contributed by atoms with Crippen molar-refractivity contribution in [3.8, 4) is 11.5 Å². The first-order valence-electron chi connectivity index (χ1n) is 16.0. The minimum Gasteiger partial charge on any atom is -0.496 e. The number of likely N-dealkylation sites (tertiary alicyclic amines) is 1. The van der Waals surface area contributed by atoms with Crippen LogP contribution in [0.1, 0.15) is 47.3 Å². The molecule has 0 aliphatic carbocycles. The molecule has 48 heavy (non-hydrogen) atoms. The van der Waals surface area contributed by atoms with Gasteiger partial charge in [-0.2, -0.15) is 0 Å². The highest BCUT2D eigenvalue weighted by atomic mass is 32.2. The van der Waals surface area contributed by atoms with Crippen molar-refractivity contribution in [2.24, 2.45) is 5.73 Å². The van der Waals surface area contributed by atoms with Crippen LogP contribution in [0.3, 0.4) is 0 Å². The number of hydrogen-bond donors (Lipinski definition) is 4. The van der Waals surface area contributed by atoms with Gasteiger partial charge in [0, 0.05) is 48.8 Å². The zero-order chi connectivity index (χ0) is 34.1. The topological polar surface area (TPSA) is 127 Å². The zero-order valence-electron chi connectivity index (χ0n) is 26.7. The SMILES string of the molecule is COc1cc(F)c(Cc2ccc(O[C@@H]3CCN([C@H]4CO[C@H](c5cc(F)ccc5F)[C@@H](N)C4)C3)cc2)cc1[C@@H]1O[C@H](SC)[C@@H](O)[C@H](O)[C@H]1O. The van der Waals surface area contributed by atoms with Crippen molar-refractivity contribution < 1.29 is 47.4 Å². The Labute approximate surface area is 281 Å². The third-order valence-electron chi connectivity index (χ3n) is 9.49. The van der Waals surface area contributed by atoms with Crippen LogP contribution in [0.25, 0.3) is 0 Å². The number of thioether (sulfide) groups is 1. The Morgan fingerprint density at radius 3 is 2.42 bits per heavy atom. The van der Waals surface area contributed by atoms with Crippen LogP contribution < -0.4 is 15.2 Å². The highest BCUT2D eigenvalue weighted by Crippen LogP contribution is 2.41. The van der Waals surface area contributed by atoms with Crippen LogP contribution >= 0.6 is 11.8 Å². The van der Waals surface area contributed by atoms with Crippen LogP contribution in [-0.2, 0) is 15.9 Å². The molecule has 5 N–H and O–H groups in total. The maximum absolute atomic E-state index is 15.2. The van der Waals surface area contributed by atoms with Gasteiger partial charge in [0.2, 0.25) is 0 Å². The standard InChI is InChI=1S/C35H41F3N2O7S/c1-44-29-15-27(38)19(12-25(29)34-31(42)30(41)32(43)35(47-34)48-2)11-18-3-6-22(7-4-18)46-23-9-10-40(16-23)21-14-28(39)33(45-17-21)24-13-20(36)5-8-26(24)37/h3-8,12-13,15,21,23,28,30-35,41-43H,9-11,14,16-17,39H2,1-2H3/t21-,23-,28+,30-,31-,32+,33-,34+,35-/m1/s1. The van der Waals surface area contributed by atoms with E-state index in [1.54, 1.807) is 12.3 Å². The molecule has 3 saturated heterocycles. The summed E-state index contributed by atoms with van der Waals surface area (Å²) in [7, 11) is 1.39. The zero-order valence-corrected chi connectivity index (χ0v) is 27.5. The van der Waals surface area contributed by atoms with E-state index >= 15 is 4.39 Å². The summed E-state index contributed by atoms with van der Waals surface area (Å²) in [6, 6.07) is 13.1. The fourth-order valence-electron chi connectivity index (χ4n) is 6.89. The van der Waals surface area contributed by atoms with Gasteiger partial charge < -0.3 is 40.0 Å². The van der Waals surface area contributed by atoms with Crippen LogP contribution in [-0.4, -0.2) is 95.2 Å². The van der Waals surface area contributed by atoms with Gasteiger partial charge in [-0.15, -0.1) is 11.8 Å². The lowest BCUT2D eigenvalue weighted by Gasteiger charge is -2.40.